The van der Waals surface area contributed by atoms with Gasteiger partial charge in [-0.25, -0.2) is 4.68 Å². The minimum absolute atomic E-state index is 0.0919. The molecule has 0 bridgehead atoms. The van der Waals surface area contributed by atoms with E-state index >= 15 is 0 Å². The topological polar surface area (TPSA) is 41.2 Å². The Kier molecular flexibility index (Phi) is 3.95. The molecule has 0 aliphatic rings. The highest BCUT2D eigenvalue weighted by molar-refractivity contribution is 7.71. The summed E-state index contributed by atoms with van der Waals surface area (Å²) in [5, 5.41) is 3.44. The zero-order valence-corrected chi connectivity index (χ0v) is 12.2. The summed E-state index contributed by atoms with van der Waals surface area (Å²) in [7, 11) is 4.15. The molecule has 21 heavy (non-hydrogen) atoms. The number of aryl methyl sites for hydroxylation is 1. The van der Waals surface area contributed by atoms with Crippen molar-refractivity contribution in [1.82, 2.24) is 14.3 Å². The van der Waals surface area contributed by atoms with Crippen molar-refractivity contribution in [3.8, 4) is 17.2 Å². The zero-order chi connectivity index (χ0) is 15.8. The largest absolute Gasteiger partial charge is 0.497 e. The van der Waals surface area contributed by atoms with E-state index in [9.17, 15) is 13.2 Å². The molecule has 1 heterocycles. The molecule has 0 aliphatic carbocycles. The Morgan fingerprint density at radius 1 is 1.19 bits per heavy atom. The predicted molar refractivity (Wildman–Crippen MR) is 71.5 cm³/mol. The number of hydrogen-bond donors (Lipinski definition) is 0. The van der Waals surface area contributed by atoms with Gasteiger partial charge in [0.1, 0.15) is 11.5 Å². The van der Waals surface area contributed by atoms with Crippen molar-refractivity contribution in [2.45, 2.75) is 6.18 Å². The average molecular weight is 319 g/mol. The van der Waals surface area contributed by atoms with E-state index in [4.69, 9.17) is 21.7 Å². The number of benzene rings is 1. The van der Waals surface area contributed by atoms with Gasteiger partial charge in [0.2, 0.25) is 10.6 Å². The maximum Gasteiger partial charge on any atom is 0.452 e. The van der Waals surface area contributed by atoms with Gasteiger partial charge >= 0.3 is 6.18 Å². The van der Waals surface area contributed by atoms with Gasteiger partial charge in [-0.15, -0.1) is 5.10 Å². The normalized spacial score (nSPS) is 11.5. The highest BCUT2D eigenvalue weighted by Gasteiger charge is 2.39. The van der Waals surface area contributed by atoms with Crippen LogP contribution < -0.4 is 9.47 Å². The molecular weight excluding hydrogens is 307 g/mol. The molecule has 1 aromatic heterocycles. The molecule has 0 N–H and O–H groups in total. The van der Waals surface area contributed by atoms with Crippen molar-refractivity contribution < 1.29 is 22.6 Å². The fourth-order valence-corrected chi connectivity index (χ4v) is 2.06. The molecule has 0 saturated carbocycles. The van der Waals surface area contributed by atoms with Gasteiger partial charge in [0.25, 0.3) is 0 Å². The quantitative estimate of drug-likeness (QED) is 0.816. The van der Waals surface area contributed by atoms with Crippen LogP contribution in [0.15, 0.2) is 18.2 Å². The molecule has 2 aromatic rings. The molecule has 0 saturated heterocycles. The standard InChI is InChI=1S/C12H12F3N3O2S/c1-17-11(21)18(10(16-17)12(13,14)15)8-5-4-7(19-2)6-9(8)20-3/h4-6H,1-3H3. The molecule has 0 fully saturated rings. The van der Waals surface area contributed by atoms with Gasteiger partial charge in [0, 0.05) is 13.1 Å². The van der Waals surface area contributed by atoms with E-state index in [2.05, 4.69) is 5.10 Å². The van der Waals surface area contributed by atoms with Crippen LogP contribution in [0.1, 0.15) is 5.82 Å². The van der Waals surface area contributed by atoms with Gasteiger partial charge in [-0.2, -0.15) is 13.2 Å². The van der Waals surface area contributed by atoms with Crippen molar-refractivity contribution >= 4 is 12.2 Å². The first-order chi connectivity index (χ1) is 9.79. The summed E-state index contributed by atoms with van der Waals surface area (Å²) < 4.78 is 51.2. The maximum absolute atomic E-state index is 13.1. The molecule has 2 rings (SSSR count). The Morgan fingerprint density at radius 2 is 1.86 bits per heavy atom. The first-order valence-electron chi connectivity index (χ1n) is 5.75. The Hall–Kier alpha value is -2.03. The van der Waals surface area contributed by atoms with Crippen molar-refractivity contribution in [2.24, 2.45) is 7.05 Å². The first kappa shape index (κ1) is 15.4. The highest BCUT2D eigenvalue weighted by atomic mass is 32.1. The van der Waals surface area contributed by atoms with Crippen molar-refractivity contribution in [2.75, 3.05) is 14.2 Å². The lowest BCUT2D eigenvalue weighted by molar-refractivity contribution is -0.146. The number of nitrogens with zero attached hydrogens (tertiary/aromatic N) is 3. The second kappa shape index (κ2) is 5.40. The van der Waals surface area contributed by atoms with Crippen LogP contribution in [0.5, 0.6) is 11.5 Å². The van der Waals surface area contributed by atoms with E-state index in [0.717, 1.165) is 9.25 Å². The second-order valence-corrected chi connectivity index (χ2v) is 4.47. The van der Waals surface area contributed by atoms with Crippen LogP contribution in [0, 0.1) is 4.77 Å². The third-order valence-corrected chi connectivity index (χ3v) is 3.25. The molecule has 114 valence electrons. The molecule has 0 aliphatic heterocycles. The maximum atomic E-state index is 13.1. The Labute approximate surface area is 123 Å². The lowest BCUT2D eigenvalue weighted by Gasteiger charge is -2.13. The Bertz CT molecular complexity index is 722. The molecule has 0 unspecified atom stereocenters. The van der Waals surface area contributed by atoms with Crippen LogP contribution in [0.4, 0.5) is 13.2 Å². The van der Waals surface area contributed by atoms with E-state index < -0.39 is 12.0 Å². The van der Waals surface area contributed by atoms with Gasteiger partial charge in [-0.3, -0.25) is 4.57 Å². The van der Waals surface area contributed by atoms with Gasteiger partial charge in [-0.05, 0) is 24.4 Å². The number of methoxy groups -OCH3 is 2. The van der Waals surface area contributed by atoms with Gasteiger partial charge in [0.15, 0.2) is 0 Å². The van der Waals surface area contributed by atoms with Crippen LogP contribution in [-0.4, -0.2) is 28.6 Å². The lowest BCUT2D eigenvalue weighted by atomic mass is 10.2. The van der Waals surface area contributed by atoms with E-state index in [1.165, 1.54) is 39.5 Å². The minimum Gasteiger partial charge on any atom is -0.497 e. The molecule has 0 spiro atoms. The van der Waals surface area contributed by atoms with Crippen molar-refractivity contribution in [3.63, 3.8) is 0 Å². The Balaban J connectivity index is 2.76. The Morgan fingerprint density at radius 3 is 2.38 bits per heavy atom. The number of hydrogen-bond acceptors (Lipinski definition) is 4. The number of halogens is 3. The fraction of sp³-hybridized carbons (Fsp3) is 0.333. The van der Waals surface area contributed by atoms with Crippen LogP contribution >= 0.6 is 12.2 Å². The SMILES string of the molecule is COc1ccc(-n2c(C(F)(F)F)nn(C)c2=S)c(OC)c1. The summed E-state index contributed by atoms with van der Waals surface area (Å²) in [6.45, 7) is 0. The first-order valence-corrected chi connectivity index (χ1v) is 6.16. The molecule has 5 nitrogen and oxygen atoms in total. The predicted octanol–water partition coefficient (Wildman–Crippen LogP) is 2.98. The summed E-state index contributed by atoms with van der Waals surface area (Å²) in [4.78, 5) is 0. The molecule has 0 amide bonds. The molecule has 0 atom stereocenters. The molecule has 1 aromatic carbocycles. The summed E-state index contributed by atoms with van der Waals surface area (Å²) in [6, 6.07) is 4.43. The van der Waals surface area contributed by atoms with Crippen LogP contribution in [0.2, 0.25) is 0 Å². The molecule has 9 heteroatoms. The highest BCUT2D eigenvalue weighted by Crippen LogP contribution is 2.34. The zero-order valence-electron chi connectivity index (χ0n) is 11.4. The van der Waals surface area contributed by atoms with E-state index in [-0.39, 0.29) is 16.2 Å². The lowest BCUT2D eigenvalue weighted by Crippen LogP contribution is -2.14. The number of aromatic nitrogens is 3. The van der Waals surface area contributed by atoms with Crippen LogP contribution in [-0.2, 0) is 13.2 Å². The van der Waals surface area contributed by atoms with E-state index in [0.29, 0.717) is 5.75 Å². The summed E-state index contributed by atoms with van der Waals surface area (Å²) in [5.41, 5.74) is 0.142. The summed E-state index contributed by atoms with van der Waals surface area (Å²) in [6.07, 6.45) is -4.64. The van der Waals surface area contributed by atoms with E-state index in [1.54, 1.807) is 0 Å². The van der Waals surface area contributed by atoms with Gasteiger partial charge < -0.3 is 9.47 Å². The molecule has 0 radical (unpaired) electrons. The van der Waals surface area contributed by atoms with E-state index in [1.807, 2.05) is 0 Å². The van der Waals surface area contributed by atoms with Crippen molar-refractivity contribution in [3.05, 3.63) is 28.8 Å². The van der Waals surface area contributed by atoms with Crippen LogP contribution in [0.25, 0.3) is 5.69 Å². The molecular formula is C12H12F3N3O2S. The third kappa shape index (κ3) is 2.73. The summed E-state index contributed by atoms with van der Waals surface area (Å²) >= 11 is 5.01. The smallest absolute Gasteiger partial charge is 0.452 e. The second-order valence-electron chi connectivity index (χ2n) is 4.10. The van der Waals surface area contributed by atoms with Gasteiger partial charge in [-0.1, -0.05) is 0 Å². The third-order valence-electron chi connectivity index (χ3n) is 2.81. The van der Waals surface area contributed by atoms with Crippen molar-refractivity contribution in [1.29, 1.82) is 0 Å². The van der Waals surface area contributed by atoms with Crippen LogP contribution in [0.3, 0.4) is 0 Å². The summed E-state index contributed by atoms with van der Waals surface area (Å²) in [5.74, 6) is -0.456. The number of alkyl halides is 3. The minimum atomic E-state index is -4.64. The number of ether oxygens (including phenoxy) is 2. The monoisotopic (exact) mass is 319 g/mol. The average Bonchev–Trinajstić information content (AvgIpc) is 2.74. The van der Waals surface area contributed by atoms with Gasteiger partial charge in [0.05, 0.1) is 19.9 Å². The number of rotatable bonds is 3. The fourth-order valence-electron chi connectivity index (χ4n) is 1.84.